The van der Waals surface area contributed by atoms with Gasteiger partial charge < -0.3 is 24.6 Å². The van der Waals surface area contributed by atoms with Crippen molar-refractivity contribution in [2.45, 2.75) is 30.1 Å². The molecule has 0 radical (unpaired) electrons. The molecule has 4 rings (SSSR count). The summed E-state index contributed by atoms with van der Waals surface area (Å²) in [6.07, 6.45) is 1.47. The van der Waals surface area contributed by atoms with Crippen molar-refractivity contribution in [1.29, 1.82) is 0 Å². The van der Waals surface area contributed by atoms with Crippen LogP contribution in [0.1, 0.15) is 23.5 Å². The van der Waals surface area contributed by atoms with E-state index in [4.69, 9.17) is 14.2 Å². The topological polar surface area (TPSA) is 114 Å². The lowest BCUT2D eigenvalue weighted by Crippen LogP contribution is -2.38. The molecule has 2 atom stereocenters. The number of carbonyl (C=O) groups excluding carboxylic acids is 1. The Kier molecular flexibility index (Phi) is 10.3. The Bertz CT molecular complexity index is 1360. The summed E-state index contributed by atoms with van der Waals surface area (Å²) in [6, 6.07) is 25.4. The average Bonchev–Trinajstić information content (AvgIpc) is 3.00. The largest absolute Gasteiger partial charge is 0.497 e. The van der Waals surface area contributed by atoms with E-state index in [0.29, 0.717) is 18.7 Å². The molecule has 212 valence electrons. The fraction of sp³-hybridized carbons (Fsp3) is 0.300. The minimum absolute atomic E-state index is 0.000472. The van der Waals surface area contributed by atoms with E-state index in [2.05, 4.69) is 5.32 Å². The first-order valence-electron chi connectivity index (χ1n) is 13.0. The smallest absolute Gasteiger partial charge is 0.286 e. The van der Waals surface area contributed by atoms with Gasteiger partial charge >= 0.3 is 0 Å². The van der Waals surface area contributed by atoms with Gasteiger partial charge in [-0.05, 0) is 41.5 Å². The second-order valence-electron chi connectivity index (χ2n) is 9.17. The predicted octanol–water partition coefficient (Wildman–Crippen LogP) is 3.43. The minimum Gasteiger partial charge on any atom is -0.497 e. The number of allylic oxidation sites excluding steroid dienone is 1. The molecule has 3 aromatic carbocycles. The molecule has 1 amide bonds. The zero-order valence-electron chi connectivity index (χ0n) is 22.3. The van der Waals surface area contributed by atoms with Crippen LogP contribution in [0.2, 0.25) is 0 Å². The standard InChI is InChI=1S/C30H34N2O7S/c1-37-26-12-14-27(15-13-26)40(35,36)32(16-18-33)17-19-38-29-21-25(24-10-6-3-7-11-24)20-28(39-29)30(34)31-22-23-8-4-2-5-9-23/h2-15,20,25,29,33H,16-19,21-22H2,1H3,(H,31,34)/t25-,29+/m1/s1. The number of hydrogen-bond acceptors (Lipinski definition) is 7. The van der Waals surface area contributed by atoms with Gasteiger partial charge in [-0.1, -0.05) is 60.7 Å². The molecule has 2 N–H and O–H groups in total. The molecule has 1 heterocycles. The lowest BCUT2D eigenvalue weighted by Gasteiger charge is -2.30. The summed E-state index contributed by atoms with van der Waals surface area (Å²) in [5, 5.41) is 12.4. The van der Waals surface area contributed by atoms with Gasteiger partial charge in [0, 0.05) is 32.0 Å². The van der Waals surface area contributed by atoms with Crippen molar-refractivity contribution in [1.82, 2.24) is 9.62 Å². The number of nitrogens with zero attached hydrogens (tertiary/aromatic N) is 1. The molecule has 0 aliphatic carbocycles. The van der Waals surface area contributed by atoms with Crippen LogP contribution in [-0.4, -0.2) is 63.4 Å². The minimum atomic E-state index is -3.88. The van der Waals surface area contributed by atoms with Crippen molar-refractivity contribution >= 4 is 15.9 Å². The van der Waals surface area contributed by atoms with Crippen LogP contribution in [0.5, 0.6) is 5.75 Å². The molecular weight excluding hydrogens is 532 g/mol. The van der Waals surface area contributed by atoms with E-state index in [1.165, 1.54) is 19.2 Å². The van der Waals surface area contributed by atoms with Crippen LogP contribution in [0.4, 0.5) is 0 Å². The number of carbonyl (C=O) groups is 1. The number of rotatable bonds is 13. The van der Waals surface area contributed by atoms with Crippen molar-refractivity contribution in [2.75, 3.05) is 33.4 Å². The Labute approximate surface area is 235 Å². The number of ether oxygens (including phenoxy) is 3. The number of benzene rings is 3. The van der Waals surface area contributed by atoms with Gasteiger partial charge in [0.15, 0.2) is 5.76 Å². The van der Waals surface area contributed by atoms with Gasteiger partial charge in [0.2, 0.25) is 16.3 Å². The number of sulfonamides is 1. The monoisotopic (exact) mass is 566 g/mol. The summed E-state index contributed by atoms with van der Waals surface area (Å²) >= 11 is 0. The third kappa shape index (κ3) is 7.70. The molecule has 1 aliphatic rings. The Morgan fingerprint density at radius 2 is 1.68 bits per heavy atom. The fourth-order valence-electron chi connectivity index (χ4n) is 4.36. The number of nitrogens with one attached hydrogen (secondary N) is 1. The molecule has 0 fully saturated rings. The molecule has 3 aromatic rings. The van der Waals surface area contributed by atoms with Crippen LogP contribution in [0.25, 0.3) is 0 Å². The zero-order chi connectivity index (χ0) is 28.4. The van der Waals surface area contributed by atoms with Crippen LogP contribution in [0, 0.1) is 0 Å². The Hall–Kier alpha value is -3.70. The van der Waals surface area contributed by atoms with Gasteiger partial charge in [0.25, 0.3) is 5.91 Å². The maximum atomic E-state index is 13.2. The first-order valence-corrected chi connectivity index (χ1v) is 14.5. The molecule has 0 unspecified atom stereocenters. The molecule has 0 saturated carbocycles. The molecular formula is C30H34N2O7S. The maximum Gasteiger partial charge on any atom is 0.286 e. The first-order chi connectivity index (χ1) is 19.4. The summed E-state index contributed by atoms with van der Waals surface area (Å²) in [7, 11) is -2.38. The molecule has 9 nitrogen and oxygen atoms in total. The van der Waals surface area contributed by atoms with Crippen molar-refractivity contribution in [3.63, 3.8) is 0 Å². The molecule has 1 aliphatic heterocycles. The summed E-state index contributed by atoms with van der Waals surface area (Å²) in [6.45, 7) is -0.103. The summed E-state index contributed by atoms with van der Waals surface area (Å²) in [5.41, 5.74) is 1.97. The number of aliphatic hydroxyl groups is 1. The van der Waals surface area contributed by atoms with E-state index in [0.717, 1.165) is 15.4 Å². The van der Waals surface area contributed by atoms with Crippen LogP contribution in [-0.2, 0) is 30.8 Å². The fourth-order valence-corrected chi connectivity index (χ4v) is 5.78. The highest BCUT2D eigenvalue weighted by Gasteiger charge is 2.30. The summed E-state index contributed by atoms with van der Waals surface area (Å²) < 4.78 is 44.6. The highest BCUT2D eigenvalue weighted by Crippen LogP contribution is 2.31. The highest BCUT2D eigenvalue weighted by atomic mass is 32.2. The van der Waals surface area contributed by atoms with Crippen LogP contribution >= 0.6 is 0 Å². The van der Waals surface area contributed by atoms with Gasteiger partial charge in [0.1, 0.15) is 5.75 Å². The van der Waals surface area contributed by atoms with E-state index < -0.39 is 16.3 Å². The SMILES string of the molecule is COc1ccc(S(=O)(=O)N(CCO)CCO[C@@H]2C[C@H](c3ccccc3)C=C(C(=O)NCc3ccccc3)O2)cc1. The Morgan fingerprint density at radius 1 is 1.00 bits per heavy atom. The normalized spacial score (nSPS) is 17.1. The Balaban J connectivity index is 1.43. The average molecular weight is 567 g/mol. The first kappa shape index (κ1) is 29.3. The Morgan fingerprint density at radius 3 is 2.33 bits per heavy atom. The van der Waals surface area contributed by atoms with Gasteiger partial charge in [0.05, 0.1) is 25.2 Å². The second-order valence-corrected chi connectivity index (χ2v) is 11.1. The third-order valence-corrected chi connectivity index (χ3v) is 8.41. The molecule has 0 saturated heterocycles. The molecule has 0 spiro atoms. The lowest BCUT2D eigenvalue weighted by molar-refractivity contribution is -0.146. The van der Waals surface area contributed by atoms with E-state index in [9.17, 15) is 18.3 Å². The summed E-state index contributed by atoms with van der Waals surface area (Å²) in [4.78, 5) is 13.1. The van der Waals surface area contributed by atoms with E-state index in [1.54, 1.807) is 18.2 Å². The van der Waals surface area contributed by atoms with Crippen molar-refractivity contribution < 1.29 is 32.5 Å². The van der Waals surface area contributed by atoms with Gasteiger partial charge in [-0.25, -0.2) is 8.42 Å². The van der Waals surface area contributed by atoms with E-state index in [1.807, 2.05) is 60.7 Å². The molecule has 0 aromatic heterocycles. The van der Waals surface area contributed by atoms with Gasteiger partial charge in [-0.3, -0.25) is 4.79 Å². The number of amides is 1. The van der Waals surface area contributed by atoms with Crippen LogP contribution < -0.4 is 10.1 Å². The molecule has 40 heavy (non-hydrogen) atoms. The van der Waals surface area contributed by atoms with Gasteiger partial charge in [-0.15, -0.1) is 0 Å². The lowest BCUT2D eigenvalue weighted by atomic mass is 9.93. The van der Waals surface area contributed by atoms with Crippen LogP contribution in [0.15, 0.2) is 102 Å². The van der Waals surface area contributed by atoms with Crippen molar-refractivity contribution in [3.05, 3.63) is 108 Å². The van der Waals surface area contributed by atoms with E-state index >= 15 is 0 Å². The maximum absolute atomic E-state index is 13.2. The van der Waals surface area contributed by atoms with Crippen LogP contribution in [0.3, 0.4) is 0 Å². The molecule has 0 bridgehead atoms. The predicted molar refractivity (Wildman–Crippen MR) is 150 cm³/mol. The summed E-state index contributed by atoms with van der Waals surface area (Å²) in [5.74, 6) is 0.199. The molecule has 10 heteroatoms. The number of hydrogen-bond donors (Lipinski definition) is 2. The van der Waals surface area contributed by atoms with Crippen molar-refractivity contribution in [3.8, 4) is 5.75 Å². The number of methoxy groups -OCH3 is 1. The second kappa shape index (κ2) is 14.1. The van der Waals surface area contributed by atoms with E-state index in [-0.39, 0.29) is 48.8 Å². The number of aliphatic hydroxyl groups excluding tert-OH is 1. The highest BCUT2D eigenvalue weighted by molar-refractivity contribution is 7.89. The third-order valence-electron chi connectivity index (χ3n) is 6.50. The zero-order valence-corrected chi connectivity index (χ0v) is 23.1. The quantitative estimate of drug-likeness (QED) is 0.326. The van der Waals surface area contributed by atoms with Crippen molar-refractivity contribution in [2.24, 2.45) is 0 Å². The van der Waals surface area contributed by atoms with Gasteiger partial charge in [-0.2, -0.15) is 4.31 Å².